The maximum atomic E-state index is 11.8. The van der Waals surface area contributed by atoms with E-state index >= 15 is 0 Å². The van der Waals surface area contributed by atoms with Crippen LogP contribution in [-0.2, 0) is 14.9 Å². The second-order valence-electron chi connectivity index (χ2n) is 5.19. The molecule has 0 bridgehead atoms. The lowest BCUT2D eigenvalue weighted by atomic mass is 9.63. The third kappa shape index (κ3) is 2.81. The van der Waals surface area contributed by atoms with E-state index in [1.165, 1.54) is 0 Å². The normalized spacial score (nSPS) is 27.2. The van der Waals surface area contributed by atoms with Gasteiger partial charge in [0.25, 0.3) is 0 Å². The quantitative estimate of drug-likeness (QED) is 0.776. The van der Waals surface area contributed by atoms with Gasteiger partial charge in [-0.25, -0.2) is 0 Å². The summed E-state index contributed by atoms with van der Waals surface area (Å²) < 4.78 is 5.30. The largest absolute Gasteiger partial charge is 0.384 e. The minimum atomic E-state index is -0.484. The van der Waals surface area contributed by atoms with Crippen LogP contribution in [0.25, 0.3) is 0 Å². The van der Waals surface area contributed by atoms with E-state index < -0.39 is 5.41 Å². The van der Waals surface area contributed by atoms with E-state index in [1.807, 2.05) is 12.1 Å². The molecule has 0 unspecified atom stereocenters. The van der Waals surface area contributed by atoms with Crippen molar-refractivity contribution in [2.45, 2.75) is 31.1 Å². The third-order valence-corrected chi connectivity index (χ3v) is 4.90. The fourth-order valence-corrected chi connectivity index (χ4v) is 3.39. The Morgan fingerprint density at radius 1 is 1.37 bits per heavy atom. The number of carbonyl (C=O) groups is 1. The molecule has 1 aromatic carbocycles. The van der Waals surface area contributed by atoms with Crippen LogP contribution in [0.3, 0.4) is 0 Å². The summed E-state index contributed by atoms with van der Waals surface area (Å²) >= 11 is 12.1. The predicted molar refractivity (Wildman–Crippen MR) is 78.0 cm³/mol. The summed E-state index contributed by atoms with van der Waals surface area (Å²) in [4.78, 5) is 11.8. The van der Waals surface area contributed by atoms with E-state index in [9.17, 15) is 4.79 Å². The highest BCUT2D eigenvalue weighted by Gasteiger charge is 2.42. The van der Waals surface area contributed by atoms with Crippen molar-refractivity contribution in [3.8, 4) is 0 Å². The Morgan fingerprint density at radius 3 is 2.79 bits per heavy atom. The Hall–Kier alpha value is -0.570. The molecule has 0 saturated heterocycles. The van der Waals surface area contributed by atoms with Crippen LogP contribution < -0.4 is 0 Å². The van der Waals surface area contributed by atoms with Crippen LogP contribution in [0.2, 0.25) is 10.0 Å². The van der Waals surface area contributed by atoms with E-state index in [0.29, 0.717) is 16.7 Å². The second-order valence-corrected chi connectivity index (χ2v) is 6.00. The van der Waals surface area contributed by atoms with Crippen LogP contribution in [-0.4, -0.2) is 20.0 Å². The summed E-state index contributed by atoms with van der Waals surface area (Å²) in [6.45, 7) is 0.596. The molecule has 1 aliphatic rings. The van der Waals surface area contributed by atoms with Crippen molar-refractivity contribution in [1.82, 2.24) is 0 Å². The first-order valence-corrected chi connectivity index (χ1v) is 7.30. The van der Waals surface area contributed by atoms with E-state index in [1.54, 1.807) is 13.2 Å². The smallest absolute Gasteiger partial charge is 0.130 e. The number of aldehydes is 1. The van der Waals surface area contributed by atoms with Crippen molar-refractivity contribution < 1.29 is 9.53 Å². The molecule has 2 nitrogen and oxygen atoms in total. The van der Waals surface area contributed by atoms with Crippen molar-refractivity contribution in [1.29, 1.82) is 0 Å². The monoisotopic (exact) mass is 300 g/mol. The van der Waals surface area contributed by atoms with Gasteiger partial charge in [0.2, 0.25) is 0 Å². The van der Waals surface area contributed by atoms with Crippen molar-refractivity contribution in [3.63, 3.8) is 0 Å². The van der Waals surface area contributed by atoms with E-state index in [-0.39, 0.29) is 5.92 Å². The van der Waals surface area contributed by atoms with Crippen LogP contribution in [0.4, 0.5) is 0 Å². The molecule has 4 heteroatoms. The zero-order valence-corrected chi connectivity index (χ0v) is 12.5. The van der Waals surface area contributed by atoms with Gasteiger partial charge in [-0.1, -0.05) is 42.1 Å². The Balaban J connectivity index is 2.43. The average molecular weight is 301 g/mol. The number of carbonyl (C=O) groups excluding carboxylic acids is 1. The van der Waals surface area contributed by atoms with Crippen LogP contribution in [0.1, 0.15) is 31.2 Å². The third-order valence-electron chi connectivity index (χ3n) is 4.16. The first kappa shape index (κ1) is 14.8. The number of ether oxygens (including phenoxy) is 1. The zero-order valence-electron chi connectivity index (χ0n) is 11.0. The number of rotatable bonds is 4. The molecule has 0 N–H and O–H groups in total. The first-order chi connectivity index (χ1) is 9.14. The summed E-state index contributed by atoms with van der Waals surface area (Å²) in [5.41, 5.74) is 0.473. The molecule has 0 aromatic heterocycles. The molecule has 0 spiro atoms. The van der Waals surface area contributed by atoms with Gasteiger partial charge in [0.1, 0.15) is 6.29 Å². The molecular weight excluding hydrogens is 283 g/mol. The lowest BCUT2D eigenvalue weighted by Gasteiger charge is -2.40. The first-order valence-electron chi connectivity index (χ1n) is 6.55. The topological polar surface area (TPSA) is 26.3 Å². The van der Waals surface area contributed by atoms with Gasteiger partial charge in [0, 0.05) is 7.11 Å². The fraction of sp³-hybridized carbons (Fsp3) is 0.533. The minimum Gasteiger partial charge on any atom is -0.384 e. The summed E-state index contributed by atoms with van der Waals surface area (Å²) in [7, 11) is 1.68. The van der Waals surface area contributed by atoms with E-state index in [0.717, 1.165) is 37.5 Å². The molecule has 0 radical (unpaired) electrons. The average Bonchev–Trinajstić information content (AvgIpc) is 2.43. The predicted octanol–water partition coefficient (Wildman–Crippen LogP) is 4.27. The molecule has 19 heavy (non-hydrogen) atoms. The molecule has 104 valence electrons. The van der Waals surface area contributed by atoms with Crippen LogP contribution >= 0.6 is 23.2 Å². The highest BCUT2D eigenvalue weighted by Crippen LogP contribution is 2.43. The molecule has 2 rings (SSSR count). The fourth-order valence-electron chi connectivity index (χ4n) is 3.09. The van der Waals surface area contributed by atoms with Crippen LogP contribution in [0, 0.1) is 5.92 Å². The maximum absolute atomic E-state index is 11.8. The Morgan fingerprint density at radius 2 is 2.16 bits per heavy atom. The summed E-state index contributed by atoms with van der Waals surface area (Å²) in [6.07, 6.45) is 5.13. The van der Waals surface area contributed by atoms with Gasteiger partial charge in [-0.15, -0.1) is 0 Å². The highest BCUT2D eigenvalue weighted by atomic mass is 35.5. The number of halogens is 2. The van der Waals surface area contributed by atoms with E-state index in [2.05, 4.69) is 0 Å². The van der Waals surface area contributed by atoms with Crippen molar-refractivity contribution in [2.75, 3.05) is 13.7 Å². The standard InChI is InChI=1S/C15H18Cl2O2/c1-19-9-12-4-2-3-7-15(12,10-18)11-5-6-13(16)14(17)8-11/h5-6,8,10,12H,2-4,7,9H2,1H3/t12-,15+/m0/s1. The molecule has 0 amide bonds. The molecule has 1 aromatic rings. The molecule has 1 aliphatic carbocycles. The molecule has 1 saturated carbocycles. The number of benzene rings is 1. The summed E-state index contributed by atoms with van der Waals surface area (Å²) in [6, 6.07) is 5.51. The Bertz CT molecular complexity index is 459. The van der Waals surface area contributed by atoms with Gasteiger partial charge in [-0.3, -0.25) is 0 Å². The molecular formula is C15H18Cl2O2. The van der Waals surface area contributed by atoms with Crippen LogP contribution in [0.5, 0.6) is 0 Å². The van der Waals surface area contributed by atoms with Crippen molar-refractivity contribution in [3.05, 3.63) is 33.8 Å². The number of hydrogen-bond acceptors (Lipinski definition) is 2. The van der Waals surface area contributed by atoms with Gasteiger partial charge in [-0.2, -0.15) is 0 Å². The highest BCUT2D eigenvalue weighted by molar-refractivity contribution is 6.42. The minimum absolute atomic E-state index is 0.209. The van der Waals surface area contributed by atoms with Gasteiger partial charge < -0.3 is 9.53 Å². The Kier molecular flexibility index (Phi) is 4.88. The molecule has 2 atom stereocenters. The maximum Gasteiger partial charge on any atom is 0.130 e. The van der Waals surface area contributed by atoms with Gasteiger partial charge in [-0.05, 0) is 36.5 Å². The lowest BCUT2D eigenvalue weighted by Crippen LogP contribution is -2.42. The van der Waals surface area contributed by atoms with E-state index in [4.69, 9.17) is 27.9 Å². The number of hydrogen-bond donors (Lipinski definition) is 0. The summed E-state index contributed by atoms with van der Waals surface area (Å²) in [5, 5.41) is 1.02. The summed E-state index contributed by atoms with van der Waals surface area (Å²) in [5.74, 6) is 0.209. The van der Waals surface area contributed by atoms with Gasteiger partial charge in [0.05, 0.1) is 22.1 Å². The van der Waals surface area contributed by atoms with Crippen molar-refractivity contribution >= 4 is 29.5 Å². The van der Waals surface area contributed by atoms with Gasteiger partial charge >= 0.3 is 0 Å². The lowest BCUT2D eigenvalue weighted by molar-refractivity contribution is -0.116. The molecule has 0 aliphatic heterocycles. The SMILES string of the molecule is COC[C@@H]1CCCC[C@@]1(C=O)c1ccc(Cl)c(Cl)c1. The van der Waals surface area contributed by atoms with Gasteiger partial charge in [0.15, 0.2) is 0 Å². The zero-order chi connectivity index (χ0) is 13.9. The number of methoxy groups -OCH3 is 1. The van der Waals surface area contributed by atoms with Crippen LogP contribution in [0.15, 0.2) is 18.2 Å². The molecule has 0 heterocycles. The Labute approximate surface area is 124 Å². The second kappa shape index (κ2) is 6.25. The van der Waals surface area contributed by atoms with Crippen molar-refractivity contribution in [2.24, 2.45) is 5.92 Å². The molecule has 1 fully saturated rings.